The molecule has 2 aliphatic rings. The average molecular weight is 413 g/mol. The van der Waals surface area contributed by atoms with Gasteiger partial charge in [0.15, 0.2) is 0 Å². The predicted molar refractivity (Wildman–Crippen MR) is 117 cm³/mol. The van der Waals surface area contributed by atoms with Crippen LogP contribution in [0, 0.1) is 5.92 Å². The fourth-order valence-corrected chi connectivity index (χ4v) is 3.81. The first-order chi connectivity index (χ1) is 14.6. The van der Waals surface area contributed by atoms with E-state index in [0.29, 0.717) is 13.1 Å². The zero-order valence-corrected chi connectivity index (χ0v) is 17.6. The molecule has 7 heteroatoms. The van der Waals surface area contributed by atoms with Crippen LogP contribution in [0.25, 0.3) is 0 Å². The molecular weight excluding hydrogens is 380 g/mol. The van der Waals surface area contributed by atoms with Gasteiger partial charge in [-0.05, 0) is 61.6 Å². The van der Waals surface area contributed by atoms with Crippen molar-refractivity contribution in [3.05, 3.63) is 53.8 Å². The molecule has 0 radical (unpaired) electrons. The summed E-state index contributed by atoms with van der Waals surface area (Å²) in [5.74, 6) is 0.967. The number of urea groups is 1. The van der Waals surface area contributed by atoms with Crippen LogP contribution in [0.2, 0.25) is 0 Å². The quantitative estimate of drug-likeness (QED) is 0.528. The van der Waals surface area contributed by atoms with E-state index in [1.165, 1.54) is 5.57 Å². The maximum Gasteiger partial charge on any atom is 0.315 e. The van der Waals surface area contributed by atoms with Crippen LogP contribution < -0.4 is 26.0 Å². The van der Waals surface area contributed by atoms with Crippen LogP contribution in [-0.4, -0.2) is 38.2 Å². The Bertz CT molecular complexity index is 765. The number of dihydropyridines is 1. The van der Waals surface area contributed by atoms with Crippen molar-refractivity contribution in [2.75, 3.05) is 20.2 Å². The third-order valence-electron chi connectivity index (χ3n) is 5.61. The summed E-state index contributed by atoms with van der Waals surface area (Å²) >= 11 is 0. The topological polar surface area (TPSA) is 91.5 Å². The highest BCUT2D eigenvalue weighted by Crippen LogP contribution is 2.24. The molecule has 162 valence electrons. The second kappa shape index (κ2) is 11.3. The van der Waals surface area contributed by atoms with Gasteiger partial charge in [0.2, 0.25) is 5.91 Å². The van der Waals surface area contributed by atoms with Crippen LogP contribution in [0.1, 0.15) is 37.7 Å². The van der Waals surface area contributed by atoms with Gasteiger partial charge in [0.05, 0.1) is 7.11 Å². The molecule has 1 saturated carbocycles. The first-order valence-electron chi connectivity index (χ1n) is 10.7. The van der Waals surface area contributed by atoms with Gasteiger partial charge in [0, 0.05) is 31.6 Å². The van der Waals surface area contributed by atoms with E-state index in [1.807, 2.05) is 30.5 Å². The Kier molecular flexibility index (Phi) is 8.18. The number of methoxy groups -OCH3 is 1. The van der Waals surface area contributed by atoms with Crippen molar-refractivity contribution in [3.8, 4) is 5.75 Å². The number of hydrogen-bond donors (Lipinski definition) is 4. The smallest absolute Gasteiger partial charge is 0.315 e. The highest BCUT2D eigenvalue weighted by atomic mass is 16.5. The summed E-state index contributed by atoms with van der Waals surface area (Å²) in [7, 11) is 1.63. The molecular formula is C23H32N4O3. The Balaban J connectivity index is 1.30. The van der Waals surface area contributed by atoms with E-state index < -0.39 is 0 Å². The molecule has 0 aromatic heterocycles. The minimum Gasteiger partial charge on any atom is -0.497 e. The third kappa shape index (κ3) is 6.83. The fraction of sp³-hybridized carbons (Fsp3) is 0.478. The number of allylic oxidation sites excluding steroid dienone is 1. The van der Waals surface area contributed by atoms with Crippen molar-refractivity contribution in [2.45, 2.75) is 44.7 Å². The Morgan fingerprint density at radius 1 is 1.10 bits per heavy atom. The van der Waals surface area contributed by atoms with Crippen molar-refractivity contribution in [1.29, 1.82) is 0 Å². The number of hydrogen-bond acceptors (Lipinski definition) is 4. The van der Waals surface area contributed by atoms with Gasteiger partial charge < -0.3 is 26.0 Å². The molecule has 1 aromatic rings. The molecule has 0 bridgehead atoms. The van der Waals surface area contributed by atoms with Crippen LogP contribution >= 0.6 is 0 Å². The molecule has 1 fully saturated rings. The van der Waals surface area contributed by atoms with E-state index in [-0.39, 0.29) is 23.9 Å². The van der Waals surface area contributed by atoms with Crippen molar-refractivity contribution < 1.29 is 14.3 Å². The van der Waals surface area contributed by atoms with E-state index in [1.54, 1.807) is 7.11 Å². The van der Waals surface area contributed by atoms with Crippen molar-refractivity contribution >= 4 is 11.9 Å². The maximum atomic E-state index is 12.4. The molecule has 0 saturated heterocycles. The van der Waals surface area contributed by atoms with Gasteiger partial charge in [-0.1, -0.05) is 24.3 Å². The molecule has 0 unspecified atom stereocenters. The first-order valence-corrected chi connectivity index (χ1v) is 10.7. The number of amides is 3. The molecule has 4 N–H and O–H groups in total. The molecule has 0 spiro atoms. The average Bonchev–Trinajstić information content (AvgIpc) is 2.79. The molecule has 7 nitrogen and oxygen atoms in total. The zero-order valence-electron chi connectivity index (χ0n) is 17.6. The van der Waals surface area contributed by atoms with Crippen molar-refractivity contribution in [3.63, 3.8) is 0 Å². The number of ether oxygens (including phenoxy) is 1. The van der Waals surface area contributed by atoms with Crippen LogP contribution in [0.3, 0.4) is 0 Å². The lowest BCUT2D eigenvalue weighted by Crippen LogP contribution is -2.44. The van der Waals surface area contributed by atoms with Gasteiger partial charge in [0.1, 0.15) is 5.75 Å². The van der Waals surface area contributed by atoms with Gasteiger partial charge in [0.25, 0.3) is 0 Å². The molecule has 30 heavy (non-hydrogen) atoms. The lowest BCUT2D eigenvalue weighted by Gasteiger charge is -2.28. The Morgan fingerprint density at radius 2 is 1.87 bits per heavy atom. The zero-order chi connectivity index (χ0) is 21.2. The second-order valence-electron chi connectivity index (χ2n) is 7.79. The minimum absolute atomic E-state index is 0.0411. The van der Waals surface area contributed by atoms with E-state index in [4.69, 9.17) is 4.74 Å². The maximum absolute atomic E-state index is 12.4. The normalized spacial score (nSPS) is 20.5. The lowest BCUT2D eigenvalue weighted by atomic mass is 9.85. The predicted octanol–water partition coefficient (Wildman–Crippen LogP) is 2.60. The highest BCUT2D eigenvalue weighted by molar-refractivity contribution is 5.79. The second-order valence-corrected chi connectivity index (χ2v) is 7.79. The molecule has 1 aliphatic carbocycles. The van der Waals surface area contributed by atoms with Gasteiger partial charge in [-0.15, -0.1) is 0 Å². The summed E-state index contributed by atoms with van der Waals surface area (Å²) in [5, 5.41) is 12.1. The van der Waals surface area contributed by atoms with Crippen LogP contribution in [-0.2, 0) is 11.3 Å². The number of carbonyl (C=O) groups excluding carboxylic acids is 2. The summed E-state index contributed by atoms with van der Waals surface area (Å²) in [6.07, 6.45) is 10.3. The molecule has 3 rings (SSSR count). The van der Waals surface area contributed by atoms with Gasteiger partial charge in [-0.2, -0.15) is 0 Å². The van der Waals surface area contributed by atoms with Crippen molar-refractivity contribution in [1.82, 2.24) is 21.3 Å². The summed E-state index contributed by atoms with van der Waals surface area (Å²) < 4.78 is 5.13. The van der Waals surface area contributed by atoms with E-state index in [2.05, 4.69) is 33.4 Å². The lowest BCUT2D eigenvalue weighted by molar-refractivity contribution is -0.125. The third-order valence-corrected chi connectivity index (χ3v) is 5.61. The molecule has 1 aromatic carbocycles. The SMILES string of the molecule is COc1ccc(CNC(=O)NC2CCC(C(=O)NCCC3=CNCC=C3)CC2)cc1. The van der Waals surface area contributed by atoms with Crippen LogP contribution in [0.15, 0.2) is 48.2 Å². The number of carbonyl (C=O) groups is 2. The highest BCUT2D eigenvalue weighted by Gasteiger charge is 2.26. The van der Waals surface area contributed by atoms with E-state index in [0.717, 1.165) is 50.0 Å². The molecule has 3 amide bonds. The largest absolute Gasteiger partial charge is 0.497 e. The van der Waals surface area contributed by atoms with E-state index >= 15 is 0 Å². The number of nitrogens with one attached hydrogen (secondary N) is 4. The fourth-order valence-electron chi connectivity index (χ4n) is 3.81. The Labute approximate surface area is 178 Å². The van der Waals surface area contributed by atoms with Gasteiger partial charge in [-0.25, -0.2) is 4.79 Å². The monoisotopic (exact) mass is 412 g/mol. The van der Waals surface area contributed by atoms with Crippen molar-refractivity contribution in [2.24, 2.45) is 5.92 Å². The Hall–Kier alpha value is -2.96. The van der Waals surface area contributed by atoms with Crippen LogP contribution in [0.4, 0.5) is 4.79 Å². The summed E-state index contributed by atoms with van der Waals surface area (Å²) in [5.41, 5.74) is 2.22. The number of benzene rings is 1. The molecule has 0 atom stereocenters. The van der Waals surface area contributed by atoms with Gasteiger partial charge in [-0.3, -0.25) is 4.79 Å². The minimum atomic E-state index is -0.166. The molecule has 1 heterocycles. The number of rotatable bonds is 8. The standard InChI is InChI=1S/C23H32N4O3/c1-30-21-10-4-18(5-11-21)16-26-23(29)27-20-8-6-19(7-9-20)22(28)25-14-12-17-3-2-13-24-15-17/h2-5,10-11,15,19-20,24H,6-9,12-14,16H2,1H3,(H,25,28)(H2,26,27,29). The Morgan fingerprint density at radius 3 is 2.53 bits per heavy atom. The summed E-state index contributed by atoms with van der Waals surface area (Å²) in [6.45, 7) is 1.99. The first kappa shape index (κ1) is 21.7. The molecule has 1 aliphatic heterocycles. The van der Waals surface area contributed by atoms with Gasteiger partial charge >= 0.3 is 6.03 Å². The van der Waals surface area contributed by atoms with Crippen LogP contribution in [0.5, 0.6) is 5.75 Å². The van der Waals surface area contributed by atoms with E-state index in [9.17, 15) is 9.59 Å². The summed E-state index contributed by atoms with van der Waals surface area (Å²) in [6, 6.07) is 7.57. The summed E-state index contributed by atoms with van der Waals surface area (Å²) in [4.78, 5) is 24.6.